The maximum Gasteiger partial charge on any atom is 0.269 e. The van der Waals surface area contributed by atoms with Crippen LogP contribution in [-0.4, -0.2) is 17.5 Å². The summed E-state index contributed by atoms with van der Waals surface area (Å²) in [5, 5.41) is 11.4. The van der Waals surface area contributed by atoms with E-state index in [0.717, 1.165) is 17.8 Å². The van der Waals surface area contributed by atoms with Crippen molar-refractivity contribution in [3.8, 4) is 0 Å². The molecule has 0 bridgehead atoms. The Bertz CT molecular complexity index is 433. The molecule has 1 saturated carbocycles. The topological polar surface area (TPSA) is 46.4 Å². The molecule has 1 aliphatic rings. The van der Waals surface area contributed by atoms with Crippen LogP contribution in [0.3, 0.4) is 0 Å². The van der Waals surface area contributed by atoms with Gasteiger partial charge in [0.1, 0.15) is 0 Å². The van der Waals surface area contributed by atoms with Crippen molar-refractivity contribution in [2.75, 3.05) is 11.4 Å². The van der Waals surface area contributed by atoms with Crippen molar-refractivity contribution in [2.24, 2.45) is 0 Å². The Kier molecular flexibility index (Phi) is 3.66. The van der Waals surface area contributed by atoms with Crippen LogP contribution in [0.4, 0.5) is 11.4 Å². The van der Waals surface area contributed by atoms with E-state index in [9.17, 15) is 10.1 Å². The lowest BCUT2D eigenvalue weighted by Gasteiger charge is -2.25. The first-order valence-electron chi connectivity index (χ1n) is 5.77. The zero-order chi connectivity index (χ0) is 12.4. The molecule has 0 atom stereocenters. The molecule has 0 heterocycles. The molecule has 4 nitrogen and oxygen atoms in total. The lowest BCUT2D eigenvalue weighted by molar-refractivity contribution is -0.384. The predicted molar refractivity (Wildman–Crippen MR) is 71.8 cm³/mol. The van der Waals surface area contributed by atoms with Crippen LogP contribution >= 0.6 is 15.9 Å². The molecular formula is C12H15BrN2O2. The van der Waals surface area contributed by atoms with Gasteiger partial charge in [-0.25, -0.2) is 0 Å². The van der Waals surface area contributed by atoms with Crippen LogP contribution in [0.1, 0.15) is 25.3 Å². The second kappa shape index (κ2) is 5.04. The van der Waals surface area contributed by atoms with Gasteiger partial charge in [-0.15, -0.1) is 0 Å². The molecule has 5 heteroatoms. The van der Waals surface area contributed by atoms with Gasteiger partial charge in [0.2, 0.25) is 0 Å². The summed E-state index contributed by atoms with van der Waals surface area (Å²) in [6, 6.07) is 5.75. The van der Waals surface area contributed by atoms with E-state index in [0.29, 0.717) is 11.4 Å². The van der Waals surface area contributed by atoms with Crippen LogP contribution in [0.25, 0.3) is 0 Å². The van der Waals surface area contributed by atoms with Gasteiger partial charge in [-0.2, -0.15) is 0 Å². The monoisotopic (exact) mass is 298 g/mol. The Labute approximate surface area is 109 Å². The zero-order valence-electron chi connectivity index (χ0n) is 9.73. The Morgan fingerprint density at radius 3 is 2.71 bits per heavy atom. The van der Waals surface area contributed by atoms with Gasteiger partial charge in [0.05, 0.1) is 4.92 Å². The van der Waals surface area contributed by atoms with Crippen LogP contribution in [-0.2, 0) is 5.33 Å². The number of hydrogen-bond donors (Lipinski definition) is 0. The fourth-order valence-corrected chi connectivity index (χ4v) is 2.53. The minimum atomic E-state index is -0.344. The van der Waals surface area contributed by atoms with Crippen molar-refractivity contribution >= 4 is 27.3 Å². The number of benzene rings is 1. The van der Waals surface area contributed by atoms with E-state index in [4.69, 9.17) is 0 Å². The smallest absolute Gasteiger partial charge is 0.269 e. The summed E-state index contributed by atoms with van der Waals surface area (Å²) in [6.07, 6.45) is 2.46. The van der Waals surface area contributed by atoms with Crippen LogP contribution in [0.15, 0.2) is 18.2 Å². The largest absolute Gasteiger partial charge is 0.369 e. The zero-order valence-corrected chi connectivity index (χ0v) is 11.3. The fourth-order valence-electron chi connectivity index (χ4n) is 2.08. The van der Waals surface area contributed by atoms with E-state index in [1.54, 1.807) is 12.1 Å². The summed E-state index contributed by atoms with van der Waals surface area (Å²) in [4.78, 5) is 12.7. The molecule has 0 amide bonds. The second-order valence-corrected chi connectivity index (χ2v) is 4.78. The van der Waals surface area contributed by atoms with E-state index in [1.165, 1.54) is 12.8 Å². The highest BCUT2D eigenvalue weighted by molar-refractivity contribution is 9.08. The number of nitro benzene ring substituents is 1. The highest BCUT2D eigenvalue weighted by Gasteiger charge is 2.29. The normalized spacial score (nSPS) is 14.7. The van der Waals surface area contributed by atoms with Gasteiger partial charge in [0.25, 0.3) is 5.69 Å². The van der Waals surface area contributed by atoms with Crippen LogP contribution in [0.5, 0.6) is 0 Å². The van der Waals surface area contributed by atoms with Crippen molar-refractivity contribution in [3.63, 3.8) is 0 Å². The lowest BCUT2D eigenvalue weighted by atomic mass is 10.1. The van der Waals surface area contributed by atoms with Gasteiger partial charge in [-0.1, -0.05) is 15.9 Å². The maximum absolute atomic E-state index is 10.7. The minimum absolute atomic E-state index is 0.162. The van der Waals surface area contributed by atoms with Crippen molar-refractivity contribution in [3.05, 3.63) is 33.9 Å². The second-order valence-electron chi connectivity index (χ2n) is 4.22. The summed E-state index contributed by atoms with van der Waals surface area (Å²) >= 11 is 3.41. The number of non-ortho nitro benzene ring substituents is 1. The highest BCUT2D eigenvalue weighted by Crippen LogP contribution is 2.35. The van der Waals surface area contributed by atoms with Crippen molar-refractivity contribution < 1.29 is 4.92 Å². The summed E-state index contributed by atoms with van der Waals surface area (Å²) < 4.78 is 0. The molecule has 1 fully saturated rings. The average Bonchev–Trinajstić information content (AvgIpc) is 3.14. The van der Waals surface area contributed by atoms with Gasteiger partial charge in [0.15, 0.2) is 0 Å². The molecule has 0 radical (unpaired) electrons. The van der Waals surface area contributed by atoms with Gasteiger partial charge >= 0.3 is 0 Å². The number of alkyl halides is 1. The molecule has 0 saturated heterocycles. The molecule has 0 aliphatic heterocycles. The number of hydrogen-bond acceptors (Lipinski definition) is 3. The summed E-state index contributed by atoms with van der Waals surface area (Å²) in [6.45, 7) is 3.07. The summed E-state index contributed by atoms with van der Waals surface area (Å²) in [5.41, 5.74) is 2.28. The van der Waals surface area contributed by atoms with Crippen molar-refractivity contribution in [1.29, 1.82) is 0 Å². The standard InChI is InChI=1S/C12H15BrN2O2/c1-2-14(10-3-4-10)12-6-5-11(15(16)17)7-9(12)8-13/h5-7,10H,2-4,8H2,1H3. The van der Waals surface area contributed by atoms with E-state index in [1.807, 2.05) is 6.07 Å². The number of anilines is 1. The summed E-state index contributed by atoms with van der Waals surface area (Å²) in [7, 11) is 0. The minimum Gasteiger partial charge on any atom is -0.369 e. The predicted octanol–water partition coefficient (Wildman–Crippen LogP) is 3.48. The number of rotatable bonds is 5. The van der Waals surface area contributed by atoms with Crippen LogP contribution in [0.2, 0.25) is 0 Å². The molecule has 1 aliphatic carbocycles. The number of nitro groups is 1. The van der Waals surface area contributed by atoms with E-state index >= 15 is 0 Å². The first kappa shape index (κ1) is 12.4. The molecule has 92 valence electrons. The maximum atomic E-state index is 10.7. The molecule has 1 aromatic rings. The Hall–Kier alpha value is -1.10. The number of halogens is 1. The van der Waals surface area contributed by atoms with E-state index in [2.05, 4.69) is 27.8 Å². The highest BCUT2D eigenvalue weighted by atomic mass is 79.9. The molecule has 0 aromatic heterocycles. The molecule has 17 heavy (non-hydrogen) atoms. The van der Waals surface area contributed by atoms with Crippen molar-refractivity contribution in [1.82, 2.24) is 0 Å². The van der Waals surface area contributed by atoms with Gasteiger partial charge < -0.3 is 4.90 Å². The Morgan fingerprint density at radius 1 is 1.53 bits per heavy atom. The van der Waals surface area contributed by atoms with Crippen LogP contribution in [0, 0.1) is 10.1 Å². The fraction of sp³-hybridized carbons (Fsp3) is 0.500. The Balaban J connectivity index is 2.35. The molecule has 0 spiro atoms. The van der Waals surface area contributed by atoms with Crippen LogP contribution < -0.4 is 4.90 Å². The molecule has 2 rings (SSSR count). The first-order chi connectivity index (χ1) is 8.17. The first-order valence-corrected chi connectivity index (χ1v) is 6.89. The SMILES string of the molecule is CCN(c1ccc([N+](=O)[O-])cc1CBr)C1CC1. The molecule has 0 unspecified atom stereocenters. The third-order valence-corrected chi connectivity index (χ3v) is 3.66. The van der Waals surface area contributed by atoms with E-state index in [-0.39, 0.29) is 10.6 Å². The summed E-state index contributed by atoms with van der Waals surface area (Å²) in [5.74, 6) is 0. The average molecular weight is 299 g/mol. The van der Waals surface area contributed by atoms with E-state index < -0.39 is 0 Å². The van der Waals surface area contributed by atoms with Gasteiger partial charge in [0, 0.05) is 35.7 Å². The quantitative estimate of drug-likeness (QED) is 0.475. The molecule has 1 aromatic carbocycles. The molecular weight excluding hydrogens is 284 g/mol. The Morgan fingerprint density at radius 2 is 2.24 bits per heavy atom. The third kappa shape index (κ3) is 2.60. The lowest BCUT2D eigenvalue weighted by Crippen LogP contribution is -2.26. The van der Waals surface area contributed by atoms with Gasteiger partial charge in [-0.05, 0) is 31.4 Å². The van der Waals surface area contributed by atoms with Crippen molar-refractivity contribution in [2.45, 2.75) is 31.1 Å². The number of nitrogens with zero attached hydrogens (tertiary/aromatic N) is 2. The third-order valence-electron chi connectivity index (χ3n) is 3.06. The van der Waals surface area contributed by atoms with Gasteiger partial charge in [-0.3, -0.25) is 10.1 Å². The molecule has 0 N–H and O–H groups in total.